The number of imidazole rings is 1. The highest BCUT2D eigenvalue weighted by Gasteiger charge is 2.30. The average Bonchev–Trinajstić information content (AvgIpc) is 3.37. The molecule has 4 nitrogen and oxygen atoms in total. The molecule has 7 heteroatoms. The summed E-state index contributed by atoms with van der Waals surface area (Å²) in [6, 6.07) is 24.6. The van der Waals surface area contributed by atoms with E-state index in [1.165, 1.54) is 12.1 Å². The van der Waals surface area contributed by atoms with Crippen LogP contribution in [0, 0.1) is 0 Å². The number of fused-ring (bicyclic) bond motifs is 1. The molecule has 0 spiro atoms. The predicted octanol–water partition coefficient (Wildman–Crippen LogP) is 6.70. The first-order chi connectivity index (χ1) is 15.9. The molecule has 5 rings (SSSR count). The molecule has 166 valence electrons. The van der Waals surface area contributed by atoms with E-state index in [4.69, 9.17) is 9.84 Å². The molecule has 0 amide bonds. The van der Waals surface area contributed by atoms with Gasteiger partial charge in [0, 0.05) is 29.8 Å². The summed E-state index contributed by atoms with van der Waals surface area (Å²) in [5.74, 6) is 0.715. The van der Waals surface area contributed by atoms with E-state index < -0.39 is 11.7 Å². The van der Waals surface area contributed by atoms with Crippen LogP contribution in [0.3, 0.4) is 0 Å². The average molecular weight is 447 g/mol. The van der Waals surface area contributed by atoms with Crippen LogP contribution in [0.25, 0.3) is 39.4 Å². The first kappa shape index (κ1) is 20.9. The second-order valence-corrected chi connectivity index (χ2v) is 7.73. The van der Waals surface area contributed by atoms with Gasteiger partial charge >= 0.3 is 6.18 Å². The third-order valence-corrected chi connectivity index (χ3v) is 5.72. The molecule has 0 aliphatic carbocycles. The van der Waals surface area contributed by atoms with Gasteiger partial charge < -0.3 is 9.30 Å². The first-order valence-electron chi connectivity index (χ1n) is 10.3. The van der Waals surface area contributed by atoms with E-state index in [-0.39, 0.29) is 0 Å². The largest absolute Gasteiger partial charge is 0.497 e. The number of alkyl halides is 3. The monoisotopic (exact) mass is 447 g/mol. The summed E-state index contributed by atoms with van der Waals surface area (Å²) in [4.78, 5) is 0. The van der Waals surface area contributed by atoms with Crippen molar-refractivity contribution in [2.75, 3.05) is 7.11 Å². The van der Waals surface area contributed by atoms with Gasteiger partial charge in [0.15, 0.2) is 0 Å². The van der Waals surface area contributed by atoms with E-state index in [9.17, 15) is 13.2 Å². The number of ether oxygens (including phenoxy) is 1. The maximum atomic E-state index is 13.1. The van der Waals surface area contributed by atoms with Crippen LogP contribution in [0.15, 0.2) is 84.9 Å². The Kier molecular flexibility index (Phi) is 4.96. The van der Waals surface area contributed by atoms with Crippen molar-refractivity contribution >= 4 is 5.65 Å². The third-order valence-electron chi connectivity index (χ3n) is 5.72. The lowest BCUT2D eigenvalue weighted by atomic mass is 10.0. The number of hydrogen-bond acceptors (Lipinski definition) is 2. The lowest BCUT2D eigenvalue weighted by molar-refractivity contribution is -0.137. The van der Waals surface area contributed by atoms with Crippen molar-refractivity contribution in [2.45, 2.75) is 6.18 Å². The number of methoxy groups -OCH3 is 1. The summed E-state index contributed by atoms with van der Waals surface area (Å²) in [5.41, 5.74) is 5.06. The molecule has 0 aliphatic heterocycles. The summed E-state index contributed by atoms with van der Waals surface area (Å²) < 4.78 is 48.4. The fraction of sp³-hybridized carbons (Fsp3) is 0.115. The van der Waals surface area contributed by atoms with E-state index in [1.807, 2.05) is 76.8 Å². The minimum Gasteiger partial charge on any atom is -0.497 e. The number of nitrogens with zero attached hydrogens (tertiary/aromatic N) is 3. The van der Waals surface area contributed by atoms with Gasteiger partial charge in [0.1, 0.15) is 11.4 Å². The van der Waals surface area contributed by atoms with Gasteiger partial charge in [-0.1, -0.05) is 42.5 Å². The second-order valence-electron chi connectivity index (χ2n) is 7.73. The third kappa shape index (κ3) is 3.65. The van der Waals surface area contributed by atoms with E-state index in [0.29, 0.717) is 11.3 Å². The first-order valence-corrected chi connectivity index (χ1v) is 10.3. The van der Waals surface area contributed by atoms with Crippen LogP contribution >= 0.6 is 0 Å². The van der Waals surface area contributed by atoms with Crippen molar-refractivity contribution < 1.29 is 17.9 Å². The molecular weight excluding hydrogens is 427 g/mol. The zero-order valence-electron chi connectivity index (χ0n) is 18.0. The van der Waals surface area contributed by atoms with Crippen LogP contribution < -0.4 is 4.74 Å². The zero-order valence-corrected chi connectivity index (χ0v) is 18.0. The van der Waals surface area contributed by atoms with Crippen LogP contribution in [0.4, 0.5) is 13.2 Å². The number of benzene rings is 3. The molecular formula is C26H20F3N3O. The summed E-state index contributed by atoms with van der Waals surface area (Å²) >= 11 is 0. The van der Waals surface area contributed by atoms with Crippen LogP contribution in [0.1, 0.15) is 5.56 Å². The molecule has 0 atom stereocenters. The highest BCUT2D eigenvalue weighted by Crippen LogP contribution is 2.38. The fourth-order valence-electron chi connectivity index (χ4n) is 4.05. The van der Waals surface area contributed by atoms with Gasteiger partial charge in [-0.2, -0.15) is 18.3 Å². The van der Waals surface area contributed by atoms with Gasteiger partial charge in [0.25, 0.3) is 0 Å². The maximum absolute atomic E-state index is 13.1. The van der Waals surface area contributed by atoms with Crippen LogP contribution in [0.2, 0.25) is 0 Å². The van der Waals surface area contributed by atoms with E-state index in [2.05, 4.69) is 0 Å². The fourth-order valence-corrected chi connectivity index (χ4v) is 4.05. The second kappa shape index (κ2) is 7.85. The molecule has 3 aromatic carbocycles. The Morgan fingerprint density at radius 3 is 1.97 bits per heavy atom. The van der Waals surface area contributed by atoms with Crippen molar-refractivity contribution in [3.8, 4) is 39.5 Å². The Bertz CT molecular complexity index is 1410. The van der Waals surface area contributed by atoms with Crippen molar-refractivity contribution in [1.29, 1.82) is 0 Å². The summed E-state index contributed by atoms with van der Waals surface area (Å²) in [6.45, 7) is 0. The smallest absolute Gasteiger partial charge is 0.416 e. The minimum atomic E-state index is -4.38. The number of halogens is 3. The molecule has 0 unspecified atom stereocenters. The lowest BCUT2D eigenvalue weighted by Crippen LogP contribution is -2.04. The number of hydrogen-bond donors (Lipinski definition) is 0. The van der Waals surface area contributed by atoms with E-state index in [1.54, 1.807) is 7.11 Å². The Balaban J connectivity index is 1.74. The number of rotatable bonds is 4. The van der Waals surface area contributed by atoms with Gasteiger partial charge in [0.05, 0.1) is 29.8 Å². The summed E-state index contributed by atoms with van der Waals surface area (Å²) in [6.07, 6.45) is -4.38. The number of aromatic nitrogens is 3. The predicted molar refractivity (Wildman–Crippen MR) is 122 cm³/mol. The Labute approximate surface area is 188 Å². The van der Waals surface area contributed by atoms with Gasteiger partial charge in [-0.3, -0.25) is 0 Å². The van der Waals surface area contributed by atoms with Gasteiger partial charge in [-0.25, -0.2) is 4.52 Å². The summed E-state index contributed by atoms with van der Waals surface area (Å²) in [5, 5.41) is 4.85. The number of aryl methyl sites for hydroxylation is 1. The zero-order chi connectivity index (χ0) is 23.2. The van der Waals surface area contributed by atoms with Crippen molar-refractivity contribution in [2.24, 2.45) is 7.05 Å². The molecule has 0 N–H and O–H groups in total. The van der Waals surface area contributed by atoms with E-state index in [0.717, 1.165) is 46.0 Å². The molecule has 0 saturated heterocycles. The SMILES string of the molecule is COc1ccc(-c2c(-c3ccc(C(F)(F)F)cc3)n(C)c3cc(-c4ccccc4)nn23)cc1. The molecule has 0 bridgehead atoms. The Morgan fingerprint density at radius 2 is 1.36 bits per heavy atom. The highest BCUT2D eigenvalue weighted by atomic mass is 19.4. The lowest BCUT2D eigenvalue weighted by Gasteiger charge is -2.11. The topological polar surface area (TPSA) is 31.5 Å². The minimum absolute atomic E-state index is 0.670. The van der Waals surface area contributed by atoms with Crippen molar-refractivity contribution in [3.05, 3.63) is 90.5 Å². The maximum Gasteiger partial charge on any atom is 0.416 e. The van der Waals surface area contributed by atoms with Crippen LogP contribution in [0.5, 0.6) is 5.75 Å². The molecule has 0 saturated carbocycles. The van der Waals surface area contributed by atoms with Crippen molar-refractivity contribution in [1.82, 2.24) is 14.2 Å². The summed E-state index contributed by atoms with van der Waals surface area (Å²) in [7, 11) is 3.49. The van der Waals surface area contributed by atoms with Crippen LogP contribution in [-0.2, 0) is 13.2 Å². The van der Waals surface area contributed by atoms with Gasteiger partial charge in [0.2, 0.25) is 0 Å². The Hall–Kier alpha value is -4.00. The molecule has 5 aromatic rings. The van der Waals surface area contributed by atoms with Crippen molar-refractivity contribution in [3.63, 3.8) is 0 Å². The molecule has 33 heavy (non-hydrogen) atoms. The molecule has 0 aliphatic rings. The van der Waals surface area contributed by atoms with Gasteiger partial charge in [-0.15, -0.1) is 0 Å². The molecule has 2 heterocycles. The normalized spacial score (nSPS) is 11.8. The Morgan fingerprint density at radius 1 is 0.758 bits per heavy atom. The highest BCUT2D eigenvalue weighted by molar-refractivity contribution is 5.84. The van der Waals surface area contributed by atoms with Crippen LogP contribution in [-0.4, -0.2) is 21.3 Å². The molecule has 0 fully saturated rings. The molecule has 2 aromatic heterocycles. The quantitative estimate of drug-likeness (QED) is 0.307. The standard InChI is InChI=1S/C26H20F3N3O/c1-31-23-16-22(17-6-4-3-5-7-17)30-32(23)25(19-10-14-21(33-2)15-11-19)24(31)18-8-12-20(13-9-18)26(27,28)29/h3-16H,1-2H3. The molecule has 0 radical (unpaired) electrons. The van der Waals surface area contributed by atoms with E-state index >= 15 is 0 Å². The van der Waals surface area contributed by atoms with Gasteiger partial charge in [-0.05, 0) is 36.4 Å².